The molecule has 47 heavy (non-hydrogen) atoms. The van der Waals surface area contributed by atoms with Crippen LogP contribution >= 0.6 is 0 Å². The molecule has 0 bridgehead atoms. The second-order valence-electron chi connectivity index (χ2n) is 13.2. The molecule has 0 spiro atoms. The van der Waals surface area contributed by atoms with E-state index < -0.39 is 0 Å². The third-order valence-electron chi connectivity index (χ3n) is 10.1. The van der Waals surface area contributed by atoms with Crippen molar-refractivity contribution in [2.75, 3.05) is 4.90 Å². The minimum absolute atomic E-state index is 0.0160. The molecule has 0 fully saturated rings. The number of benzene rings is 5. The predicted molar refractivity (Wildman–Crippen MR) is 193 cm³/mol. The van der Waals surface area contributed by atoms with Crippen LogP contribution < -0.4 is 4.90 Å². The largest absolute Gasteiger partial charge is 0.436 e. The summed E-state index contributed by atoms with van der Waals surface area (Å²) in [4.78, 5) is 7.30. The smallest absolute Gasteiger partial charge is 0.226 e. The zero-order chi connectivity index (χ0) is 31.5. The molecule has 3 heteroatoms. The van der Waals surface area contributed by atoms with Gasteiger partial charge in [0.25, 0.3) is 0 Å². The highest BCUT2D eigenvalue weighted by molar-refractivity contribution is 5.87. The molecule has 1 unspecified atom stereocenters. The topological polar surface area (TPSA) is 29.3 Å². The number of aromatic nitrogens is 1. The molecule has 1 atom stereocenters. The lowest BCUT2D eigenvalue weighted by atomic mass is 9.81. The Morgan fingerprint density at radius 1 is 0.660 bits per heavy atom. The molecule has 3 aliphatic carbocycles. The van der Waals surface area contributed by atoms with Gasteiger partial charge in [-0.15, -0.1) is 0 Å². The molecule has 0 saturated heterocycles. The van der Waals surface area contributed by atoms with E-state index in [0.717, 1.165) is 40.5 Å². The molecule has 6 aromatic rings. The van der Waals surface area contributed by atoms with Crippen molar-refractivity contribution in [1.29, 1.82) is 0 Å². The van der Waals surface area contributed by atoms with Crippen LogP contribution in [-0.2, 0) is 5.41 Å². The summed E-state index contributed by atoms with van der Waals surface area (Å²) in [6.45, 7) is 4.66. The molecule has 3 aliphatic rings. The number of para-hydroxylation sites is 1. The number of rotatable bonds is 5. The highest BCUT2D eigenvalue weighted by Crippen LogP contribution is 2.50. The van der Waals surface area contributed by atoms with Crippen molar-refractivity contribution in [1.82, 2.24) is 4.98 Å². The van der Waals surface area contributed by atoms with Gasteiger partial charge in [0.1, 0.15) is 0 Å². The molecular weight excluding hydrogens is 572 g/mol. The quantitative estimate of drug-likeness (QED) is 0.195. The van der Waals surface area contributed by atoms with E-state index in [4.69, 9.17) is 9.40 Å². The summed E-state index contributed by atoms with van der Waals surface area (Å²) in [5.74, 6) is 1.76. The number of hydrogen-bond donors (Lipinski definition) is 0. The molecule has 0 saturated carbocycles. The molecule has 0 amide bonds. The first kappa shape index (κ1) is 27.6. The van der Waals surface area contributed by atoms with E-state index in [1.807, 2.05) is 30.3 Å². The van der Waals surface area contributed by atoms with E-state index in [2.05, 4.69) is 140 Å². The van der Waals surface area contributed by atoms with Crippen molar-refractivity contribution < 1.29 is 4.42 Å². The van der Waals surface area contributed by atoms with E-state index in [0.29, 0.717) is 5.89 Å². The van der Waals surface area contributed by atoms with Gasteiger partial charge in [0.05, 0.1) is 5.69 Å². The van der Waals surface area contributed by atoms with Gasteiger partial charge in [0.2, 0.25) is 5.89 Å². The molecule has 3 nitrogen and oxygen atoms in total. The number of anilines is 3. The van der Waals surface area contributed by atoms with Gasteiger partial charge in [0.15, 0.2) is 5.76 Å². The van der Waals surface area contributed by atoms with Crippen LogP contribution in [0.2, 0.25) is 0 Å². The molecule has 0 N–H and O–H groups in total. The Hall–Kier alpha value is -5.67. The van der Waals surface area contributed by atoms with Crippen LogP contribution in [0.3, 0.4) is 0 Å². The van der Waals surface area contributed by atoms with Crippen LogP contribution in [0.25, 0.3) is 34.2 Å². The van der Waals surface area contributed by atoms with Crippen molar-refractivity contribution >= 4 is 28.7 Å². The normalized spacial score (nSPS) is 16.8. The summed E-state index contributed by atoms with van der Waals surface area (Å²) in [5, 5.41) is 0. The monoisotopic (exact) mass is 606 g/mol. The Morgan fingerprint density at radius 3 is 2.15 bits per heavy atom. The molecule has 1 aromatic heterocycles. The van der Waals surface area contributed by atoms with Crippen molar-refractivity contribution in [3.05, 3.63) is 179 Å². The van der Waals surface area contributed by atoms with Gasteiger partial charge in [-0.3, -0.25) is 0 Å². The first-order chi connectivity index (χ1) is 23.0. The highest BCUT2D eigenvalue weighted by atomic mass is 16.4. The van der Waals surface area contributed by atoms with Crippen LogP contribution in [0.1, 0.15) is 54.3 Å². The first-order valence-electron chi connectivity index (χ1n) is 16.4. The Bertz CT molecular complexity index is 2230. The minimum Gasteiger partial charge on any atom is -0.436 e. The van der Waals surface area contributed by atoms with E-state index in [1.165, 1.54) is 39.0 Å². The maximum atomic E-state index is 6.16. The van der Waals surface area contributed by atoms with Crippen molar-refractivity contribution in [3.8, 4) is 22.6 Å². The Kier molecular flexibility index (Phi) is 6.29. The molecule has 0 aliphatic heterocycles. The Morgan fingerprint density at radius 2 is 1.34 bits per heavy atom. The van der Waals surface area contributed by atoms with Crippen LogP contribution in [0.5, 0.6) is 0 Å². The molecule has 9 rings (SSSR count). The third-order valence-corrected chi connectivity index (χ3v) is 10.1. The Labute approximate surface area is 275 Å². The fourth-order valence-corrected chi connectivity index (χ4v) is 7.62. The SMILES string of the molecule is CC1(C)c2ccccc2-c2cc(N(c3ccccc3)c3ccc(C4=CCC5C(=C4)C=Cc4oc(-c6ccccc6)nc45)cc3)ccc21. The van der Waals surface area contributed by atoms with Crippen molar-refractivity contribution in [2.45, 2.75) is 31.6 Å². The van der Waals surface area contributed by atoms with Crippen LogP contribution in [0.15, 0.2) is 156 Å². The van der Waals surface area contributed by atoms with Crippen LogP contribution in [-0.4, -0.2) is 4.98 Å². The molecule has 5 aromatic carbocycles. The molecule has 1 heterocycles. The number of nitrogens with zero attached hydrogens (tertiary/aromatic N) is 2. The van der Waals surface area contributed by atoms with E-state index in [1.54, 1.807) is 0 Å². The molecular formula is C44H34N2O. The summed E-state index contributed by atoms with van der Waals surface area (Å²) in [7, 11) is 0. The minimum atomic E-state index is -0.0160. The van der Waals surface area contributed by atoms with E-state index in [9.17, 15) is 0 Å². The Balaban J connectivity index is 1.03. The fourth-order valence-electron chi connectivity index (χ4n) is 7.62. The maximum Gasteiger partial charge on any atom is 0.226 e. The summed E-state index contributed by atoms with van der Waals surface area (Å²) >= 11 is 0. The first-order valence-corrected chi connectivity index (χ1v) is 16.4. The zero-order valence-electron chi connectivity index (χ0n) is 26.5. The van der Waals surface area contributed by atoms with Gasteiger partial charge in [-0.05, 0) is 100.0 Å². The van der Waals surface area contributed by atoms with Crippen molar-refractivity contribution in [3.63, 3.8) is 0 Å². The number of fused-ring (bicyclic) bond motifs is 6. The van der Waals surface area contributed by atoms with Gasteiger partial charge in [-0.25, -0.2) is 4.98 Å². The number of hydrogen-bond acceptors (Lipinski definition) is 3. The summed E-state index contributed by atoms with van der Waals surface area (Å²) in [5.41, 5.74) is 14.6. The van der Waals surface area contributed by atoms with Gasteiger partial charge >= 0.3 is 0 Å². The van der Waals surface area contributed by atoms with Gasteiger partial charge in [-0.2, -0.15) is 0 Å². The maximum absolute atomic E-state index is 6.16. The fraction of sp³-hybridized carbons (Fsp3) is 0.114. The lowest BCUT2D eigenvalue weighted by molar-refractivity contribution is 0.558. The molecule has 0 radical (unpaired) electrons. The van der Waals surface area contributed by atoms with E-state index >= 15 is 0 Å². The molecule has 226 valence electrons. The summed E-state index contributed by atoms with van der Waals surface area (Å²) < 4.78 is 6.16. The van der Waals surface area contributed by atoms with E-state index in [-0.39, 0.29) is 11.3 Å². The average molecular weight is 607 g/mol. The third kappa shape index (κ3) is 4.53. The van der Waals surface area contributed by atoms with Gasteiger partial charge < -0.3 is 9.32 Å². The summed E-state index contributed by atoms with van der Waals surface area (Å²) in [6.07, 6.45) is 9.81. The lowest BCUT2D eigenvalue weighted by Crippen LogP contribution is -2.15. The number of oxazole rings is 1. The zero-order valence-corrected chi connectivity index (χ0v) is 26.5. The predicted octanol–water partition coefficient (Wildman–Crippen LogP) is 11.6. The van der Waals surface area contributed by atoms with Crippen LogP contribution in [0.4, 0.5) is 17.1 Å². The lowest BCUT2D eigenvalue weighted by Gasteiger charge is -2.27. The van der Waals surface area contributed by atoms with Crippen molar-refractivity contribution in [2.24, 2.45) is 0 Å². The highest BCUT2D eigenvalue weighted by Gasteiger charge is 2.35. The van der Waals surface area contributed by atoms with Crippen LogP contribution in [0, 0.1) is 0 Å². The average Bonchev–Trinajstić information content (AvgIpc) is 3.66. The number of allylic oxidation sites excluding steroid dienone is 5. The van der Waals surface area contributed by atoms with Gasteiger partial charge in [-0.1, -0.05) is 111 Å². The van der Waals surface area contributed by atoms with Gasteiger partial charge in [0, 0.05) is 34.0 Å². The second-order valence-corrected chi connectivity index (χ2v) is 13.2. The summed E-state index contributed by atoms with van der Waals surface area (Å²) in [6, 6.07) is 45.6. The second kappa shape index (κ2) is 10.7. The standard InChI is InChI=1S/C44H34N2O/c1-44(2)39-16-10-9-15-37(39)38-28-35(23-25-40(38)44)46(33-13-7-4-8-14-33)34-21-17-29(18-22-34)31-19-24-36-32(27-31)20-26-41-42(36)45-43(47-41)30-11-5-3-6-12-30/h3-23,25-28,36H,24H2,1-2H3.